The van der Waals surface area contributed by atoms with Crippen molar-refractivity contribution in [3.63, 3.8) is 0 Å². The summed E-state index contributed by atoms with van der Waals surface area (Å²) in [5.41, 5.74) is 2.49. The molecule has 0 amide bonds. The van der Waals surface area contributed by atoms with Crippen molar-refractivity contribution in [2.75, 3.05) is 26.4 Å². The van der Waals surface area contributed by atoms with Crippen LogP contribution in [-0.4, -0.2) is 26.4 Å². The maximum Gasteiger partial charge on any atom is 0.123 e. The van der Waals surface area contributed by atoms with Crippen molar-refractivity contribution < 1.29 is 9.47 Å². The number of ether oxygens (including phenoxy) is 2. The maximum absolute atomic E-state index is 5.84. The molecule has 1 aromatic carbocycles. The smallest absolute Gasteiger partial charge is 0.123 e. The second-order valence-corrected chi connectivity index (χ2v) is 5.61. The Bertz CT molecular complexity index is 377. The van der Waals surface area contributed by atoms with Crippen LogP contribution >= 0.6 is 0 Å². The lowest BCUT2D eigenvalue weighted by atomic mass is 10.1. The first-order valence-electron chi connectivity index (χ1n) is 7.64. The van der Waals surface area contributed by atoms with E-state index in [4.69, 9.17) is 9.47 Å². The summed E-state index contributed by atoms with van der Waals surface area (Å²) in [7, 11) is 0. The van der Waals surface area contributed by atoms with E-state index < -0.39 is 0 Å². The second kappa shape index (κ2) is 9.78. The summed E-state index contributed by atoms with van der Waals surface area (Å²) in [4.78, 5) is 0. The van der Waals surface area contributed by atoms with Gasteiger partial charge in [-0.2, -0.15) is 0 Å². The van der Waals surface area contributed by atoms with Crippen LogP contribution in [0.3, 0.4) is 0 Å². The zero-order chi connectivity index (χ0) is 14.8. The fourth-order valence-corrected chi connectivity index (χ4v) is 1.92. The molecule has 114 valence electrons. The topological polar surface area (TPSA) is 30.5 Å². The van der Waals surface area contributed by atoms with Gasteiger partial charge in [-0.3, -0.25) is 0 Å². The van der Waals surface area contributed by atoms with E-state index in [0.29, 0.717) is 19.1 Å². The van der Waals surface area contributed by atoms with E-state index in [1.165, 1.54) is 11.1 Å². The molecular formula is C17H29NO2. The van der Waals surface area contributed by atoms with E-state index in [2.05, 4.69) is 51.2 Å². The van der Waals surface area contributed by atoms with Gasteiger partial charge < -0.3 is 14.8 Å². The molecule has 0 aliphatic heterocycles. The highest BCUT2D eigenvalue weighted by Gasteiger charge is 2.04. The zero-order valence-corrected chi connectivity index (χ0v) is 13.4. The number of rotatable bonds is 10. The molecule has 0 aromatic heterocycles. The van der Waals surface area contributed by atoms with E-state index in [9.17, 15) is 0 Å². The summed E-state index contributed by atoms with van der Waals surface area (Å²) >= 11 is 0. The van der Waals surface area contributed by atoms with Gasteiger partial charge in [0.15, 0.2) is 0 Å². The summed E-state index contributed by atoms with van der Waals surface area (Å²) in [6.45, 7) is 12.5. The lowest BCUT2D eigenvalue weighted by Gasteiger charge is -2.13. The molecule has 0 saturated heterocycles. The van der Waals surface area contributed by atoms with Crippen LogP contribution in [0.1, 0.15) is 38.3 Å². The Balaban J connectivity index is 2.42. The number of benzene rings is 1. The SMILES string of the molecule is CCCNCc1cc(C)ccc1OCCOCC(C)C. The van der Waals surface area contributed by atoms with E-state index in [-0.39, 0.29) is 0 Å². The van der Waals surface area contributed by atoms with Gasteiger partial charge in [0.05, 0.1) is 6.61 Å². The van der Waals surface area contributed by atoms with Gasteiger partial charge in [-0.25, -0.2) is 0 Å². The number of hydrogen-bond donors (Lipinski definition) is 1. The molecule has 20 heavy (non-hydrogen) atoms. The van der Waals surface area contributed by atoms with Crippen molar-refractivity contribution >= 4 is 0 Å². The van der Waals surface area contributed by atoms with Crippen molar-refractivity contribution in [1.82, 2.24) is 5.32 Å². The minimum Gasteiger partial charge on any atom is -0.491 e. The van der Waals surface area contributed by atoms with E-state index in [1.54, 1.807) is 0 Å². The van der Waals surface area contributed by atoms with Gasteiger partial charge in [-0.1, -0.05) is 38.5 Å². The summed E-state index contributed by atoms with van der Waals surface area (Å²) in [5.74, 6) is 1.54. The van der Waals surface area contributed by atoms with Gasteiger partial charge in [-0.05, 0) is 31.9 Å². The van der Waals surface area contributed by atoms with E-state index in [1.807, 2.05) is 0 Å². The lowest BCUT2D eigenvalue weighted by molar-refractivity contribution is 0.0816. The Kier molecular flexibility index (Phi) is 8.31. The third kappa shape index (κ3) is 6.92. The molecule has 0 bridgehead atoms. The number of nitrogens with one attached hydrogen (secondary N) is 1. The predicted octanol–water partition coefficient (Wildman–Crippen LogP) is 3.55. The Labute approximate surface area is 123 Å². The monoisotopic (exact) mass is 279 g/mol. The van der Waals surface area contributed by atoms with Crippen LogP contribution < -0.4 is 10.1 Å². The van der Waals surface area contributed by atoms with Gasteiger partial charge in [0.25, 0.3) is 0 Å². The average Bonchev–Trinajstić information content (AvgIpc) is 2.40. The number of aryl methyl sites for hydroxylation is 1. The minimum atomic E-state index is 0.572. The molecule has 0 atom stereocenters. The normalized spacial score (nSPS) is 11.1. The third-order valence-corrected chi connectivity index (χ3v) is 2.89. The van der Waals surface area contributed by atoms with Gasteiger partial charge in [0.1, 0.15) is 12.4 Å². The Morgan fingerprint density at radius 3 is 2.70 bits per heavy atom. The van der Waals surface area contributed by atoms with Crippen LogP contribution in [-0.2, 0) is 11.3 Å². The maximum atomic E-state index is 5.84. The van der Waals surface area contributed by atoms with Crippen molar-refractivity contribution in [3.8, 4) is 5.75 Å². The molecule has 1 aromatic rings. The highest BCUT2D eigenvalue weighted by molar-refractivity contribution is 5.36. The molecule has 0 fully saturated rings. The fraction of sp³-hybridized carbons (Fsp3) is 0.647. The molecule has 0 spiro atoms. The quantitative estimate of drug-likeness (QED) is 0.664. The first-order valence-corrected chi connectivity index (χ1v) is 7.64. The summed E-state index contributed by atoms with van der Waals surface area (Å²) < 4.78 is 11.4. The van der Waals surface area contributed by atoms with Crippen LogP contribution in [0.25, 0.3) is 0 Å². The van der Waals surface area contributed by atoms with Gasteiger partial charge in [0, 0.05) is 18.7 Å². The highest BCUT2D eigenvalue weighted by Crippen LogP contribution is 2.20. The van der Waals surface area contributed by atoms with Crippen LogP contribution in [0, 0.1) is 12.8 Å². The summed E-state index contributed by atoms with van der Waals surface area (Å²) in [6.07, 6.45) is 1.14. The van der Waals surface area contributed by atoms with Gasteiger partial charge >= 0.3 is 0 Å². The van der Waals surface area contributed by atoms with Crippen molar-refractivity contribution in [3.05, 3.63) is 29.3 Å². The first kappa shape index (κ1) is 17.0. The highest BCUT2D eigenvalue weighted by atomic mass is 16.5. The largest absolute Gasteiger partial charge is 0.491 e. The van der Waals surface area contributed by atoms with Crippen LogP contribution in [0.2, 0.25) is 0 Å². The number of hydrogen-bond acceptors (Lipinski definition) is 3. The van der Waals surface area contributed by atoms with Crippen LogP contribution in [0.4, 0.5) is 0 Å². The van der Waals surface area contributed by atoms with E-state index >= 15 is 0 Å². The van der Waals surface area contributed by atoms with Crippen molar-refractivity contribution in [2.45, 2.75) is 40.7 Å². The molecule has 3 nitrogen and oxygen atoms in total. The van der Waals surface area contributed by atoms with Crippen LogP contribution in [0.5, 0.6) is 5.75 Å². The molecule has 0 unspecified atom stereocenters. The molecule has 0 radical (unpaired) electrons. The molecule has 1 N–H and O–H groups in total. The summed E-state index contributed by atoms with van der Waals surface area (Å²) in [6, 6.07) is 6.33. The molecule has 0 heterocycles. The van der Waals surface area contributed by atoms with Gasteiger partial charge in [-0.15, -0.1) is 0 Å². The molecular weight excluding hydrogens is 250 g/mol. The minimum absolute atomic E-state index is 0.572. The van der Waals surface area contributed by atoms with Gasteiger partial charge in [0.2, 0.25) is 0 Å². The van der Waals surface area contributed by atoms with Crippen molar-refractivity contribution in [2.24, 2.45) is 5.92 Å². The third-order valence-electron chi connectivity index (χ3n) is 2.89. The Morgan fingerprint density at radius 2 is 2.00 bits per heavy atom. The lowest BCUT2D eigenvalue weighted by Crippen LogP contribution is -2.16. The van der Waals surface area contributed by atoms with Crippen LogP contribution in [0.15, 0.2) is 18.2 Å². The van der Waals surface area contributed by atoms with E-state index in [0.717, 1.165) is 31.9 Å². The Morgan fingerprint density at radius 1 is 1.20 bits per heavy atom. The second-order valence-electron chi connectivity index (χ2n) is 5.61. The molecule has 1 rings (SSSR count). The molecule has 0 aliphatic rings. The average molecular weight is 279 g/mol. The molecule has 3 heteroatoms. The Hall–Kier alpha value is -1.06. The predicted molar refractivity (Wildman–Crippen MR) is 84.3 cm³/mol. The molecule has 0 saturated carbocycles. The fourth-order valence-electron chi connectivity index (χ4n) is 1.92. The summed E-state index contributed by atoms with van der Waals surface area (Å²) in [5, 5.41) is 3.42. The zero-order valence-electron chi connectivity index (χ0n) is 13.4. The molecule has 0 aliphatic carbocycles. The standard InChI is InChI=1S/C17H29NO2/c1-5-8-18-12-16-11-15(4)6-7-17(16)20-10-9-19-13-14(2)3/h6-7,11,14,18H,5,8-10,12-13H2,1-4H3. The van der Waals surface area contributed by atoms with Crippen molar-refractivity contribution in [1.29, 1.82) is 0 Å². The first-order chi connectivity index (χ1) is 9.63.